The van der Waals surface area contributed by atoms with E-state index in [4.69, 9.17) is 0 Å². The lowest BCUT2D eigenvalue weighted by Gasteiger charge is -2.37. The molecule has 1 spiro atoms. The van der Waals surface area contributed by atoms with Crippen LogP contribution in [0, 0.1) is 16.7 Å². The van der Waals surface area contributed by atoms with E-state index in [0.717, 1.165) is 25.0 Å². The van der Waals surface area contributed by atoms with Crippen LogP contribution in [0.5, 0.6) is 0 Å². The molecule has 0 unspecified atom stereocenters. The Balaban J connectivity index is 1.46. The highest BCUT2D eigenvalue weighted by atomic mass is 32.2. The lowest BCUT2D eigenvalue weighted by Crippen LogP contribution is -2.44. The minimum absolute atomic E-state index is 0.00738. The molecule has 148 valence electrons. The number of fused-ring (bicyclic) bond motifs is 1. The van der Waals surface area contributed by atoms with Crippen molar-refractivity contribution in [2.75, 3.05) is 5.75 Å². The summed E-state index contributed by atoms with van der Waals surface area (Å²) in [5.74, 6) is 1.34. The molecule has 2 saturated carbocycles. The Kier molecular flexibility index (Phi) is 4.66. The van der Waals surface area contributed by atoms with Crippen LogP contribution in [0.1, 0.15) is 52.0 Å². The van der Waals surface area contributed by atoms with Crippen LogP contribution in [0.3, 0.4) is 0 Å². The summed E-state index contributed by atoms with van der Waals surface area (Å²) in [5.41, 5.74) is 1.00. The monoisotopic (exact) mass is 407 g/mol. The van der Waals surface area contributed by atoms with Crippen molar-refractivity contribution in [3.8, 4) is 0 Å². The van der Waals surface area contributed by atoms with Gasteiger partial charge in [0.1, 0.15) is 0 Å². The van der Waals surface area contributed by atoms with Gasteiger partial charge in [-0.25, -0.2) is 12.7 Å². The molecule has 4 atom stereocenters. The Bertz CT molecular complexity index is 836. The minimum atomic E-state index is -3.50. The number of hydrogen-bond acceptors (Lipinski definition) is 4. The molecule has 1 heterocycles. The molecule has 0 radical (unpaired) electrons. The van der Waals surface area contributed by atoms with E-state index >= 15 is 0 Å². The van der Waals surface area contributed by atoms with Gasteiger partial charge in [0, 0.05) is 22.8 Å². The summed E-state index contributed by atoms with van der Waals surface area (Å²) >= 11 is 1.71. The molecule has 0 N–H and O–H groups in total. The van der Waals surface area contributed by atoms with Crippen LogP contribution in [0.2, 0.25) is 0 Å². The van der Waals surface area contributed by atoms with Gasteiger partial charge >= 0.3 is 0 Å². The lowest BCUT2D eigenvalue weighted by molar-refractivity contribution is -0.128. The molecule has 1 amide bonds. The average Bonchev–Trinajstić information content (AvgIpc) is 3.08. The molecule has 0 aromatic heterocycles. The van der Waals surface area contributed by atoms with E-state index in [2.05, 4.69) is 26.0 Å². The van der Waals surface area contributed by atoms with Gasteiger partial charge in [0.2, 0.25) is 15.9 Å². The summed E-state index contributed by atoms with van der Waals surface area (Å²) in [7, 11) is -3.50. The number of amides is 1. The lowest BCUT2D eigenvalue weighted by atomic mass is 9.69. The Morgan fingerprint density at radius 3 is 2.67 bits per heavy atom. The first-order valence-corrected chi connectivity index (χ1v) is 12.5. The Labute approximate surface area is 167 Å². The maximum atomic E-state index is 13.0. The third-order valence-corrected chi connectivity index (χ3v) is 10.7. The van der Waals surface area contributed by atoms with Crippen molar-refractivity contribution < 1.29 is 13.2 Å². The molecule has 1 aromatic carbocycles. The van der Waals surface area contributed by atoms with Crippen molar-refractivity contribution in [3.63, 3.8) is 0 Å². The van der Waals surface area contributed by atoms with Crippen molar-refractivity contribution >= 4 is 27.7 Å². The molecule has 1 aromatic rings. The molecule has 3 fully saturated rings. The van der Waals surface area contributed by atoms with Gasteiger partial charge in [-0.15, -0.1) is 0 Å². The van der Waals surface area contributed by atoms with Crippen molar-refractivity contribution in [1.82, 2.24) is 4.31 Å². The fourth-order valence-electron chi connectivity index (χ4n) is 5.82. The van der Waals surface area contributed by atoms with Gasteiger partial charge in [-0.3, -0.25) is 4.79 Å². The van der Waals surface area contributed by atoms with E-state index in [1.54, 1.807) is 11.8 Å². The zero-order valence-electron chi connectivity index (χ0n) is 16.3. The van der Waals surface area contributed by atoms with Gasteiger partial charge in [0.05, 0.1) is 11.8 Å². The largest absolute Gasteiger partial charge is 0.274 e. The highest BCUT2D eigenvalue weighted by molar-refractivity contribution is 7.99. The van der Waals surface area contributed by atoms with Crippen LogP contribution in [0.4, 0.5) is 0 Å². The van der Waals surface area contributed by atoms with Gasteiger partial charge in [-0.2, -0.15) is 11.8 Å². The number of carbonyl (C=O) groups is 1. The van der Waals surface area contributed by atoms with Crippen LogP contribution in [-0.4, -0.2) is 35.7 Å². The molecule has 2 aliphatic carbocycles. The summed E-state index contributed by atoms with van der Waals surface area (Å²) < 4.78 is 27.2. The van der Waals surface area contributed by atoms with Crippen molar-refractivity contribution in [2.45, 2.75) is 63.5 Å². The average molecular weight is 408 g/mol. The zero-order chi connectivity index (χ0) is 19.4. The van der Waals surface area contributed by atoms with Crippen LogP contribution in [0.25, 0.3) is 0 Å². The van der Waals surface area contributed by atoms with E-state index in [1.165, 1.54) is 9.87 Å². The summed E-state index contributed by atoms with van der Waals surface area (Å²) in [6.07, 6.45) is 3.18. The van der Waals surface area contributed by atoms with Crippen molar-refractivity contribution in [2.24, 2.45) is 16.7 Å². The van der Waals surface area contributed by atoms with Gasteiger partial charge in [-0.05, 0) is 36.2 Å². The molecular weight excluding hydrogens is 378 g/mol. The van der Waals surface area contributed by atoms with Gasteiger partial charge in [0.25, 0.3) is 0 Å². The van der Waals surface area contributed by atoms with Gasteiger partial charge in [-0.1, -0.05) is 51.1 Å². The van der Waals surface area contributed by atoms with E-state index in [0.29, 0.717) is 5.92 Å². The number of nitrogens with zero attached hydrogens (tertiary/aromatic N) is 1. The fraction of sp³-hybridized carbons (Fsp3) is 0.667. The quantitative estimate of drug-likeness (QED) is 0.738. The molecule has 1 aliphatic heterocycles. The molecule has 2 bridgehead atoms. The zero-order valence-corrected chi connectivity index (χ0v) is 18.0. The molecule has 6 heteroatoms. The predicted molar refractivity (Wildman–Crippen MR) is 110 cm³/mol. The number of benzene rings is 1. The smallest absolute Gasteiger partial charge is 0.238 e. The normalized spacial score (nSPS) is 33.8. The van der Waals surface area contributed by atoms with Crippen LogP contribution < -0.4 is 0 Å². The van der Waals surface area contributed by atoms with E-state index in [9.17, 15) is 13.2 Å². The Morgan fingerprint density at radius 1 is 1.30 bits per heavy atom. The fourth-order valence-corrected chi connectivity index (χ4v) is 9.31. The van der Waals surface area contributed by atoms with Gasteiger partial charge in [0.15, 0.2) is 0 Å². The first-order chi connectivity index (χ1) is 12.7. The van der Waals surface area contributed by atoms with E-state index in [1.807, 2.05) is 25.1 Å². The minimum Gasteiger partial charge on any atom is -0.274 e. The molecule has 1 saturated heterocycles. The first-order valence-electron chi connectivity index (χ1n) is 9.88. The highest BCUT2D eigenvalue weighted by Crippen LogP contribution is 2.70. The molecule has 3 aliphatic rings. The number of sulfonamides is 1. The molecule has 27 heavy (non-hydrogen) atoms. The van der Waals surface area contributed by atoms with Crippen LogP contribution in [0.15, 0.2) is 30.3 Å². The van der Waals surface area contributed by atoms with Crippen molar-refractivity contribution in [1.29, 1.82) is 0 Å². The topological polar surface area (TPSA) is 54.5 Å². The highest BCUT2D eigenvalue weighted by Gasteiger charge is 2.72. The Morgan fingerprint density at radius 2 is 2.00 bits per heavy atom. The maximum Gasteiger partial charge on any atom is 0.238 e. The number of hydrogen-bond donors (Lipinski definition) is 0. The summed E-state index contributed by atoms with van der Waals surface area (Å²) in [6, 6.07) is 10.1. The second-order valence-corrected chi connectivity index (χ2v) is 12.4. The standard InChI is InChI=1S/C21H29NO3S2/c1-15(26-13-16-7-5-4-6-8-16)11-19(23)22-18-12-17-9-10-21(18,20(17,2)3)14-27(22,24)25/h4-8,15,17-18H,9-14H2,1-3H3/t15-,17-,18-,21-/m1/s1. The number of rotatable bonds is 5. The Hall–Kier alpha value is -1.01. The van der Waals surface area contributed by atoms with E-state index in [-0.39, 0.29) is 40.2 Å². The third-order valence-electron chi connectivity index (χ3n) is 7.50. The van der Waals surface area contributed by atoms with E-state index < -0.39 is 10.0 Å². The molecular formula is C21H29NO3S2. The number of thioether (sulfide) groups is 1. The van der Waals surface area contributed by atoms with Crippen molar-refractivity contribution in [3.05, 3.63) is 35.9 Å². The van der Waals surface area contributed by atoms with Gasteiger partial charge < -0.3 is 0 Å². The second kappa shape index (κ2) is 6.51. The summed E-state index contributed by atoms with van der Waals surface area (Å²) in [5, 5.41) is 0.0936. The molecule has 4 nitrogen and oxygen atoms in total. The summed E-state index contributed by atoms with van der Waals surface area (Å²) in [6.45, 7) is 6.45. The summed E-state index contributed by atoms with van der Waals surface area (Å²) in [4.78, 5) is 13.0. The van der Waals surface area contributed by atoms with Crippen LogP contribution >= 0.6 is 11.8 Å². The second-order valence-electron chi connectivity index (χ2n) is 9.12. The number of carbonyl (C=O) groups excluding carboxylic acids is 1. The van der Waals surface area contributed by atoms with Crippen LogP contribution in [-0.2, 0) is 20.6 Å². The maximum absolute atomic E-state index is 13.0. The first kappa shape index (κ1) is 19.3. The predicted octanol–water partition coefficient (Wildman–Crippen LogP) is 4.07. The SMILES string of the molecule is C[C@H](CC(=O)N1[C@@H]2C[C@H]3CC[C@]2(CS1(=O)=O)C3(C)C)SCc1ccccc1. The third kappa shape index (κ3) is 2.94. The molecule has 4 rings (SSSR count).